The summed E-state index contributed by atoms with van der Waals surface area (Å²) < 4.78 is 6.08. The summed E-state index contributed by atoms with van der Waals surface area (Å²) in [5.74, 6) is -1.34. The zero-order valence-electron chi connectivity index (χ0n) is 11.5. The molecule has 5 nitrogen and oxygen atoms in total. The van der Waals surface area contributed by atoms with Gasteiger partial charge in [0.05, 0.1) is 18.7 Å². The molecule has 3 rings (SSSR count). The van der Waals surface area contributed by atoms with E-state index in [4.69, 9.17) is 4.74 Å². The highest BCUT2D eigenvalue weighted by Gasteiger charge is 2.47. The molecule has 1 aliphatic carbocycles. The third kappa shape index (κ3) is 2.19. The van der Waals surface area contributed by atoms with Gasteiger partial charge >= 0.3 is 0 Å². The fraction of sp³-hybridized carbons (Fsp3) is 0.267. The number of carbonyl (C=O) groups is 2. The molecule has 2 heterocycles. The van der Waals surface area contributed by atoms with E-state index in [1.54, 1.807) is 12.3 Å². The van der Waals surface area contributed by atoms with E-state index in [0.717, 1.165) is 15.7 Å². The molecule has 2 atom stereocenters. The number of fused-ring (bicyclic) bond motifs is 1. The van der Waals surface area contributed by atoms with Crippen LogP contribution in [-0.2, 0) is 14.3 Å². The van der Waals surface area contributed by atoms with Gasteiger partial charge in [-0.25, -0.2) is 0 Å². The van der Waals surface area contributed by atoms with Gasteiger partial charge in [-0.15, -0.1) is 0 Å². The lowest BCUT2D eigenvalue weighted by molar-refractivity contribution is -0.136. The van der Waals surface area contributed by atoms with Gasteiger partial charge in [0.2, 0.25) is 5.78 Å². The predicted octanol–water partition coefficient (Wildman–Crippen LogP) is 1.94. The Balaban J connectivity index is 2.14. The number of Topliss-reactive ketones (excluding diaryl/α,β-unsaturated/α-hetero) is 1. The molecule has 2 unspecified atom stereocenters. The van der Waals surface area contributed by atoms with Gasteiger partial charge in [-0.05, 0) is 30.7 Å². The van der Waals surface area contributed by atoms with Crippen LogP contribution in [0.25, 0.3) is 0 Å². The third-order valence-corrected chi connectivity index (χ3v) is 4.45. The van der Waals surface area contributed by atoms with Crippen molar-refractivity contribution >= 4 is 27.6 Å². The fourth-order valence-electron chi connectivity index (χ4n) is 2.80. The van der Waals surface area contributed by atoms with Gasteiger partial charge in [0.15, 0.2) is 0 Å². The van der Waals surface area contributed by atoms with Crippen molar-refractivity contribution in [3.8, 4) is 0 Å². The van der Waals surface area contributed by atoms with E-state index in [9.17, 15) is 9.59 Å². The average molecular weight is 349 g/mol. The lowest BCUT2D eigenvalue weighted by Crippen LogP contribution is -2.25. The summed E-state index contributed by atoms with van der Waals surface area (Å²) in [5, 5.41) is 2.63. The number of nitrogens with one attached hydrogen (secondary N) is 1. The zero-order valence-corrected chi connectivity index (χ0v) is 13.1. The van der Waals surface area contributed by atoms with Gasteiger partial charge < -0.3 is 10.1 Å². The van der Waals surface area contributed by atoms with Gasteiger partial charge in [-0.1, -0.05) is 15.9 Å². The van der Waals surface area contributed by atoms with Crippen LogP contribution in [0.2, 0.25) is 0 Å². The minimum absolute atomic E-state index is 0.243. The summed E-state index contributed by atoms with van der Waals surface area (Å²) in [6.45, 7) is 1.89. The van der Waals surface area contributed by atoms with Crippen LogP contribution in [0.3, 0.4) is 0 Å². The molecule has 0 aromatic carbocycles. The third-order valence-electron chi connectivity index (χ3n) is 3.73. The number of ketones is 1. The highest BCUT2D eigenvalue weighted by molar-refractivity contribution is 9.11. The smallest absolute Gasteiger partial charge is 0.292 e. The van der Waals surface area contributed by atoms with E-state index in [0.29, 0.717) is 11.5 Å². The number of aryl methyl sites for hydroxylation is 1. The van der Waals surface area contributed by atoms with Crippen LogP contribution in [0.15, 0.2) is 40.3 Å². The number of amides is 1. The Labute approximate surface area is 130 Å². The van der Waals surface area contributed by atoms with Crippen molar-refractivity contribution in [3.05, 3.63) is 51.6 Å². The highest BCUT2D eigenvalue weighted by atomic mass is 79.9. The highest BCUT2D eigenvalue weighted by Crippen LogP contribution is 2.45. The fourth-order valence-corrected chi connectivity index (χ4v) is 3.54. The molecule has 1 amide bonds. The Morgan fingerprint density at radius 3 is 2.76 bits per heavy atom. The molecule has 6 heteroatoms. The molecule has 0 radical (unpaired) electrons. The lowest BCUT2D eigenvalue weighted by Gasteiger charge is -2.27. The molecule has 108 valence electrons. The molecule has 1 aromatic rings. The predicted molar refractivity (Wildman–Crippen MR) is 79.4 cm³/mol. The van der Waals surface area contributed by atoms with E-state index in [1.807, 2.05) is 19.1 Å². The number of hydrogen-bond acceptors (Lipinski definition) is 4. The molecule has 2 aliphatic rings. The van der Waals surface area contributed by atoms with Crippen LogP contribution < -0.4 is 5.32 Å². The summed E-state index contributed by atoms with van der Waals surface area (Å²) in [7, 11) is 1.52. The quantitative estimate of drug-likeness (QED) is 0.829. The second kappa shape index (κ2) is 5.11. The number of ether oxygens (including phenoxy) is 1. The topological polar surface area (TPSA) is 68.3 Å². The first kappa shape index (κ1) is 14.0. The number of aromatic nitrogens is 1. The Bertz CT molecular complexity index is 709. The van der Waals surface area contributed by atoms with Crippen molar-refractivity contribution < 1.29 is 14.3 Å². The number of pyridine rings is 1. The molecule has 21 heavy (non-hydrogen) atoms. The van der Waals surface area contributed by atoms with Crippen molar-refractivity contribution in [2.24, 2.45) is 5.92 Å². The molecule has 1 aromatic heterocycles. The number of halogens is 1. The van der Waals surface area contributed by atoms with Gasteiger partial charge in [0, 0.05) is 22.3 Å². The summed E-state index contributed by atoms with van der Waals surface area (Å²) in [5.41, 5.74) is 2.34. The summed E-state index contributed by atoms with van der Waals surface area (Å²) in [4.78, 5) is 28.2. The molecule has 1 aliphatic heterocycles. The van der Waals surface area contributed by atoms with Crippen molar-refractivity contribution in [3.63, 3.8) is 0 Å². The normalized spacial score (nSPS) is 24.6. The van der Waals surface area contributed by atoms with Crippen LogP contribution in [0.4, 0.5) is 0 Å². The molecule has 0 saturated carbocycles. The maximum Gasteiger partial charge on any atom is 0.292 e. The van der Waals surface area contributed by atoms with E-state index < -0.39 is 17.6 Å². The Morgan fingerprint density at radius 2 is 2.10 bits per heavy atom. The van der Waals surface area contributed by atoms with Gasteiger partial charge in [-0.3, -0.25) is 14.6 Å². The maximum absolute atomic E-state index is 12.2. The second-order valence-corrected chi connectivity index (χ2v) is 5.93. The molecule has 1 fully saturated rings. The zero-order chi connectivity index (χ0) is 15.1. The molecule has 0 bridgehead atoms. The summed E-state index contributed by atoms with van der Waals surface area (Å²) >= 11 is 3.52. The van der Waals surface area contributed by atoms with Crippen molar-refractivity contribution in [2.75, 3.05) is 7.11 Å². The van der Waals surface area contributed by atoms with E-state index in [1.165, 1.54) is 7.11 Å². The molecule has 1 N–H and O–H groups in total. The lowest BCUT2D eigenvalue weighted by atomic mass is 9.80. The van der Waals surface area contributed by atoms with Crippen molar-refractivity contribution in [1.82, 2.24) is 10.3 Å². The molecular formula is C15H13BrN2O3. The van der Waals surface area contributed by atoms with E-state index in [-0.39, 0.29) is 5.92 Å². The van der Waals surface area contributed by atoms with Gasteiger partial charge in [0.25, 0.3) is 5.91 Å². The summed E-state index contributed by atoms with van der Waals surface area (Å²) in [6, 6.07) is 3.78. The van der Waals surface area contributed by atoms with Crippen LogP contribution >= 0.6 is 15.9 Å². The Hall–Kier alpha value is -1.95. The van der Waals surface area contributed by atoms with Crippen molar-refractivity contribution in [1.29, 1.82) is 0 Å². The molecule has 0 spiro atoms. The maximum atomic E-state index is 12.2. The first-order chi connectivity index (χ1) is 10.0. The number of rotatable bonds is 2. The van der Waals surface area contributed by atoms with Crippen LogP contribution in [-0.4, -0.2) is 23.8 Å². The molecule has 1 saturated heterocycles. The first-order valence-electron chi connectivity index (χ1n) is 6.46. The Kier molecular flexibility index (Phi) is 3.41. The second-order valence-electron chi connectivity index (χ2n) is 5.02. The average Bonchev–Trinajstić information content (AvgIpc) is 2.74. The number of methoxy groups -OCH3 is 1. The first-order valence-corrected chi connectivity index (χ1v) is 7.25. The van der Waals surface area contributed by atoms with E-state index in [2.05, 4.69) is 26.2 Å². The SMILES string of the molecule is COC1=C2NC(=O)C(=O)C2C(c2ccnc(C)c2)C(Br)=C1. The number of nitrogens with zero attached hydrogens (tertiary/aromatic N) is 1. The minimum atomic E-state index is -0.587. The minimum Gasteiger partial charge on any atom is -0.495 e. The standard InChI is InChI=1S/C15H13BrN2O3/c1-7-5-8(3-4-17-7)11-9(16)6-10(21-2)13-12(11)14(19)15(20)18-13/h3-6,11-12H,1-2H3,(H,18,20). The molecular weight excluding hydrogens is 336 g/mol. The van der Waals surface area contributed by atoms with Crippen molar-refractivity contribution in [2.45, 2.75) is 12.8 Å². The van der Waals surface area contributed by atoms with Crippen LogP contribution in [0.1, 0.15) is 17.2 Å². The number of allylic oxidation sites excluding steroid dienone is 3. The van der Waals surface area contributed by atoms with E-state index >= 15 is 0 Å². The summed E-state index contributed by atoms with van der Waals surface area (Å²) in [6.07, 6.45) is 3.50. The van der Waals surface area contributed by atoms with Crippen LogP contribution in [0.5, 0.6) is 0 Å². The van der Waals surface area contributed by atoms with Gasteiger partial charge in [-0.2, -0.15) is 0 Å². The largest absolute Gasteiger partial charge is 0.495 e. The van der Waals surface area contributed by atoms with Gasteiger partial charge in [0.1, 0.15) is 5.76 Å². The monoisotopic (exact) mass is 348 g/mol. The number of carbonyl (C=O) groups excluding carboxylic acids is 2. The number of hydrogen-bond donors (Lipinski definition) is 1. The van der Waals surface area contributed by atoms with Crippen LogP contribution in [0, 0.1) is 12.8 Å². The Morgan fingerprint density at radius 1 is 1.33 bits per heavy atom.